The number of amides is 2. The number of hydrogen-bond acceptors (Lipinski definition) is 3. The predicted octanol–water partition coefficient (Wildman–Crippen LogP) is 3.63. The standard InChI is InChI=1S/C22H27FN4O2/c1-14-19(13-27(2)26-14)21-20(11-12-29-21)25-22(28)24-18-9-5-16(6-10-18)15-3-7-17(23)8-4-15/h3-5,7-8,13,18,20-21H,6,9-12H2,1-2H3,(H2,24,25,28)/t18?,20-,21+/m1/s1. The van der Waals surface area contributed by atoms with Gasteiger partial charge < -0.3 is 15.4 Å². The SMILES string of the molecule is Cc1nn(C)cc1[C@@H]1OCC[C@H]1NC(=O)NC1CC=C(c2ccc(F)cc2)CC1. The van der Waals surface area contributed by atoms with E-state index >= 15 is 0 Å². The predicted molar refractivity (Wildman–Crippen MR) is 109 cm³/mol. The van der Waals surface area contributed by atoms with Crippen LogP contribution in [-0.4, -0.2) is 34.5 Å². The first-order valence-corrected chi connectivity index (χ1v) is 10.1. The van der Waals surface area contributed by atoms with Crippen molar-refractivity contribution in [1.29, 1.82) is 0 Å². The van der Waals surface area contributed by atoms with Gasteiger partial charge in [0, 0.05) is 31.5 Å². The molecule has 4 rings (SSSR count). The first kappa shape index (κ1) is 19.6. The number of benzene rings is 1. The van der Waals surface area contributed by atoms with E-state index in [0.29, 0.717) is 6.61 Å². The van der Waals surface area contributed by atoms with Gasteiger partial charge in [0.25, 0.3) is 0 Å². The molecule has 2 aromatic rings. The summed E-state index contributed by atoms with van der Waals surface area (Å²) < 4.78 is 20.7. The number of hydrogen-bond donors (Lipinski definition) is 2. The summed E-state index contributed by atoms with van der Waals surface area (Å²) in [7, 11) is 1.89. The number of nitrogens with one attached hydrogen (secondary N) is 2. The highest BCUT2D eigenvalue weighted by Crippen LogP contribution is 2.31. The quantitative estimate of drug-likeness (QED) is 0.826. The molecule has 2 heterocycles. The van der Waals surface area contributed by atoms with Gasteiger partial charge in [0.05, 0.1) is 11.7 Å². The lowest BCUT2D eigenvalue weighted by Gasteiger charge is -2.25. The van der Waals surface area contributed by atoms with Crippen molar-refractivity contribution in [3.63, 3.8) is 0 Å². The van der Waals surface area contributed by atoms with E-state index in [1.165, 1.54) is 17.7 Å². The zero-order valence-corrected chi connectivity index (χ0v) is 16.8. The summed E-state index contributed by atoms with van der Waals surface area (Å²) in [6, 6.07) is 6.46. The van der Waals surface area contributed by atoms with E-state index in [2.05, 4.69) is 21.8 Å². The van der Waals surface area contributed by atoms with E-state index in [1.807, 2.05) is 32.3 Å². The Morgan fingerprint density at radius 1 is 1.24 bits per heavy atom. The smallest absolute Gasteiger partial charge is 0.315 e. The lowest BCUT2D eigenvalue weighted by Crippen LogP contribution is -2.47. The molecule has 0 saturated carbocycles. The second kappa shape index (κ2) is 8.37. The first-order valence-electron chi connectivity index (χ1n) is 10.1. The maximum atomic E-state index is 13.1. The van der Waals surface area contributed by atoms with Crippen LogP contribution in [0.2, 0.25) is 0 Å². The fraction of sp³-hybridized carbons (Fsp3) is 0.455. The molecule has 29 heavy (non-hydrogen) atoms. The number of halogens is 1. The molecule has 0 spiro atoms. The van der Waals surface area contributed by atoms with E-state index in [1.54, 1.807) is 4.68 Å². The minimum atomic E-state index is -0.225. The highest BCUT2D eigenvalue weighted by molar-refractivity contribution is 5.75. The van der Waals surface area contributed by atoms with Crippen molar-refractivity contribution >= 4 is 11.6 Å². The highest BCUT2D eigenvalue weighted by Gasteiger charge is 2.33. The number of rotatable bonds is 4. The molecule has 1 fully saturated rings. The number of nitrogens with zero attached hydrogens (tertiary/aromatic N) is 2. The lowest BCUT2D eigenvalue weighted by molar-refractivity contribution is 0.0992. The average molecular weight is 398 g/mol. The van der Waals surface area contributed by atoms with E-state index in [0.717, 1.165) is 42.5 Å². The summed E-state index contributed by atoms with van der Waals surface area (Å²) in [6.45, 7) is 2.58. The van der Waals surface area contributed by atoms with Gasteiger partial charge in [-0.2, -0.15) is 5.10 Å². The highest BCUT2D eigenvalue weighted by atomic mass is 19.1. The van der Waals surface area contributed by atoms with Crippen molar-refractivity contribution in [3.8, 4) is 0 Å². The molecule has 0 radical (unpaired) electrons. The van der Waals surface area contributed by atoms with Gasteiger partial charge in [0.15, 0.2) is 0 Å². The van der Waals surface area contributed by atoms with Crippen LogP contribution in [0, 0.1) is 12.7 Å². The fourth-order valence-corrected chi connectivity index (χ4v) is 4.23. The second-order valence-corrected chi connectivity index (χ2v) is 7.86. The molecule has 0 bridgehead atoms. The minimum Gasteiger partial charge on any atom is -0.371 e. The maximum absolute atomic E-state index is 13.1. The van der Waals surface area contributed by atoms with Crippen LogP contribution in [0.3, 0.4) is 0 Å². The molecular formula is C22H27FN4O2. The molecule has 2 aliphatic rings. The maximum Gasteiger partial charge on any atom is 0.315 e. The summed E-state index contributed by atoms with van der Waals surface area (Å²) in [4.78, 5) is 12.6. The van der Waals surface area contributed by atoms with Gasteiger partial charge in [-0.25, -0.2) is 9.18 Å². The number of aromatic nitrogens is 2. The summed E-state index contributed by atoms with van der Waals surface area (Å²) in [5.41, 5.74) is 4.21. The molecule has 1 aromatic carbocycles. The van der Waals surface area contributed by atoms with Crippen molar-refractivity contribution in [2.24, 2.45) is 7.05 Å². The molecule has 1 aromatic heterocycles. The first-order chi connectivity index (χ1) is 14.0. The number of allylic oxidation sites excluding steroid dienone is 1. The summed E-state index contributed by atoms with van der Waals surface area (Å²) in [5.74, 6) is -0.225. The molecule has 6 nitrogen and oxygen atoms in total. The van der Waals surface area contributed by atoms with Crippen LogP contribution in [0.1, 0.15) is 48.6 Å². The van der Waals surface area contributed by atoms with E-state index in [9.17, 15) is 9.18 Å². The van der Waals surface area contributed by atoms with Crippen molar-refractivity contribution in [2.45, 2.75) is 50.8 Å². The van der Waals surface area contributed by atoms with E-state index in [-0.39, 0.29) is 30.0 Å². The van der Waals surface area contributed by atoms with Gasteiger partial charge >= 0.3 is 6.03 Å². The van der Waals surface area contributed by atoms with Crippen LogP contribution < -0.4 is 10.6 Å². The Kier molecular flexibility index (Phi) is 5.67. The van der Waals surface area contributed by atoms with Gasteiger partial charge in [0.2, 0.25) is 0 Å². The van der Waals surface area contributed by atoms with Crippen molar-refractivity contribution in [1.82, 2.24) is 20.4 Å². The summed E-state index contributed by atoms with van der Waals surface area (Å²) >= 11 is 0. The zero-order valence-electron chi connectivity index (χ0n) is 16.8. The molecular weight excluding hydrogens is 371 g/mol. The van der Waals surface area contributed by atoms with Crippen LogP contribution in [0.4, 0.5) is 9.18 Å². The molecule has 7 heteroatoms. The zero-order chi connectivity index (χ0) is 20.4. The Labute approximate surface area is 170 Å². The van der Waals surface area contributed by atoms with Gasteiger partial charge in [-0.3, -0.25) is 4.68 Å². The van der Waals surface area contributed by atoms with Crippen LogP contribution in [0.15, 0.2) is 36.5 Å². The van der Waals surface area contributed by atoms with Gasteiger partial charge in [-0.05, 0) is 55.9 Å². The summed E-state index contributed by atoms with van der Waals surface area (Å²) in [5, 5.41) is 10.6. The topological polar surface area (TPSA) is 68.2 Å². The molecule has 1 unspecified atom stereocenters. The Morgan fingerprint density at radius 3 is 2.69 bits per heavy atom. The third-order valence-electron chi connectivity index (χ3n) is 5.73. The summed E-state index contributed by atoms with van der Waals surface area (Å²) in [6.07, 6.45) is 7.22. The van der Waals surface area contributed by atoms with Crippen molar-refractivity contribution in [3.05, 3.63) is 59.2 Å². The third kappa shape index (κ3) is 4.50. The van der Waals surface area contributed by atoms with Crippen molar-refractivity contribution < 1.29 is 13.9 Å². The van der Waals surface area contributed by atoms with E-state index < -0.39 is 0 Å². The molecule has 3 atom stereocenters. The number of carbonyl (C=O) groups excluding carboxylic acids is 1. The second-order valence-electron chi connectivity index (χ2n) is 7.86. The van der Waals surface area contributed by atoms with Crippen LogP contribution in [-0.2, 0) is 11.8 Å². The number of urea groups is 1. The average Bonchev–Trinajstić information content (AvgIpc) is 3.28. The van der Waals surface area contributed by atoms with Gasteiger partial charge in [0.1, 0.15) is 11.9 Å². The molecule has 1 aliphatic carbocycles. The minimum absolute atomic E-state index is 0.0631. The Bertz CT molecular complexity index is 906. The monoisotopic (exact) mass is 398 g/mol. The largest absolute Gasteiger partial charge is 0.371 e. The van der Waals surface area contributed by atoms with Crippen LogP contribution in [0.25, 0.3) is 5.57 Å². The third-order valence-corrected chi connectivity index (χ3v) is 5.73. The van der Waals surface area contributed by atoms with E-state index in [4.69, 9.17) is 4.74 Å². The van der Waals surface area contributed by atoms with Crippen LogP contribution >= 0.6 is 0 Å². The van der Waals surface area contributed by atoms with Gasteiger partial charge in [-0.15, -0.1) is 0 Å². The number of aryl methyl sites for hydroxylation is 2. The molecule has 2 amide bonds. The number of ether oxygens (including phenoxy) is 1. The fourth-order valence-electron chi connectivity index (χ4n) is 4.23. The molecule has 1 aliphatic heterocycles. The number of carbonyl (C=O) groups is 1. The Balaban J connectivity index is 1.32. The normalized spacial score (nSPS) is 24.2. The van der Waals surface area contributed by atoms with Crippen molar-refractivity contribution in [2.75, 3.05) is 6.61 Å². The Hall–Kier alpha value is -2.67. The lowest BCUT2D eigenvalue weighted by atomic mass is 9.91. The molecule has 2 N–H and O–H groups in total. The van der Waals surface area contributed by atoms with Gasteiger partial charge in [-0.1, -0.05) is 18.2 Å². The Morgan fingerprint density at radius 2 is 2.03 bits per heavy atom. The molecule has 1 saturated heterocycles. The van der Waals surface area contributed by atoms with Crippen LogP contribution in [0.5, 0.6) is 0 Å². The molecule has 154 valence electrons.